The molecule has 0 aliphatic heterocycles. The Balaban J connectivity index is 2.17. The first-order valence-electron chi connectivity index (χ1n) is 7.14. The second kappa shape index (κ2) is 6.46. The van der Waals surface area contributed by atoms with Crippen LogP contribution in [0.5, 0.6) is 0 Å². The molecule has 0 radical (unpaired) electrons. The van der Waals surface area contributed by atoms with E-state index in [1.165, 1.54) is 25.3 Å². The van der Waals surface area contributed by atoms with E-state index in [1.807, 2.05) is 0 Å². The van der Waals surface area contributed by atoms with Crippen LogP contribution in [0, 0.1) is 5.92 Å². The highest BCUT2D eigenvalue weighted by Gasteiger charge is 2.45. The highest BCUT2D eigenvalue weighted by atomic mass is 19.4. The smallest absolute Gasteiger partial charge is 0.393 e. The Labute approximate surface area is 126 Å². The first-order chi connectivity index (χ1) is 10.3. The molecule has 4 nitrogen and oxygen atoms in total. The molecule has 0 heterocycles. The largest absolute Gasteiger partial charge is 0.465 e. The molecule has 0 aromatic heterocycles. The fraction of sp³-hybridized carbons (Fsp3) is 0.533. The van der Waals surface area contributed by atoms with Gasteiger partial charge in [0.25, 0.3) is 0 Å². The molecule has 0 amide bonds. The van der Waals surface area contributed by atoms with Gasteiger partial charge in [-0.2, -0.15) is 13.2 Å². The average Bonchev–Trinajstić information content (AvgIpc) is 2.48. The van der Waals surface area contributed by atoms with Crippen LogP contribution in [0.25, 0.3) is 0 Å². The van der Waals surface area contributed by atoms with Crippen molar-refractivity contribution in [1.82, 2.24) is 0 Å². The van der Waals surface area contributed by atoms with E-state index in [4.69, 9.17) is 5.73 Å². The van der Waals surface area contributed by atoms with Crippen molar-refractivity contribution in [3.8, 4) is 0 Å². The van der Waals surface area contributed by atoms with E-state index in [-0.39, 0.29) is 17.7 Å². The Bertz CT molecular complexity index is 546. The molecule has 3 N–H and O–H groups in total. The molecule has 22 heavy (non-hydrogen) atoms. The minimum absolute atomic E-state index is 0.126. The number of nitrogens with two attached hydrogens (primary N) is 1. The van der Waals surface area contributed by atoms with Crippen LogP contribution in [0.2, 0.25) is 0 Å². The Kier molecular flexibility index (Phi) is 4.83. The summed E-state index contributed by atoms with van der Waals surface area (Å²) in [6, 6.07) is 3.71. The minimum Gasteiger partial charge on any atom is -0.465 e. The van der Waals surface area contributed by atoms with Gasteiger partial charge in [0.05, 0.1) is 30.0 Å². The third kappa shape index (κ3) is 3.64. The molecule has 1 fully saturated rings. The van der Waals surface area contributed by atoms with Crippen molar-refractivity contribution in [3.05, 3.63) is 23.8 Å². The quantitative estimate of drug-likeness (QED) is 0.661. The first-order valence-corrected chi connectivity index (χ1v) is 7.14. The van der Waals surface area contributed by atoms with Gasteiger partial charge in [0.1, 0.15) is 0 Å². The van der Waals surface area contributed by atoms with Gasteiger partial charge in [-0.25, -0.2) is 4.79 Å². The van der Waals surface area contributed by atoms with Gasteiger partial charge in [0.15, 0.2) is 0 Å². The highest BCUT2D eigenvalue weighted by Crippen LogP contribution is 2.39. The molecule has 0 saturated heterocycles. The monoisotopic (exact) mass is 316 g/mol. The highest BCUT2D eigenvalue weighted by molar-refractivity contribution is 5.91. The van der Waals surface area contributed by atoms with Crippen LogP contribution in [0.3, 0.4) is 0 Å². The SMILES string of the molecule is COC(=O)c1ccc(NC2CCCCC2C(F)(F)F)c(N)c1. The van der Waals surface area contributed by atoms with Crippen molar-refractivity contribution in [3.63, 3.8) is 0 Å². The number of nitrogens with one attached hydrogen (secondary N) is 1. The predicted molar refractivity (Wildman–Crippen MR) is 77.6 cm³/mol. The number of esters is 1. The fourth-order valence-corrected chi connectivity index (χ4v) is 2.83. The van der Waals surface area contributed by atoms with Crippen molar-refractivity contribution in [2.45, 2.75) is 37.9 Å². The van der Waals surface area contributed by atoms with Gasteiger partial charge in [0.2, 0.25) is 0 Å². The molecule has 0 bridgehead atoms. The van der Waals surface area contributed by atoms with Crippen molar-refractivity contribution in [2.75, 3.05) is 18.2 Å². The maximum absolute atomic E-state index is 13.1. The number of methoxy groups -OCH3 is 1. The number of halogens is 3. The van der Waals surface area contributed by atoms with Crippen LogP contribution in [-0.2, 0) is 4.74 Å². The van der Waals surface area contributed by atoms with Crippen LogP contribution >= 0.6 is 0 Å². The van der Waals surface area contributed by atoms with E-state index < -0.39 is 24.1 Å². The number of ether oxygens (including phenoxy) is 1. The van der Waals surface area contributed by atoms with Crippen LogP contribution in [-0.4, -0.2) is 25.3 Å². The number of anilines is 2. The van der Waals surface area contributed by atoms with Crippen LogP contribution in [0.4, 0.5) is 24.5 Å². The van der Waals surface area contributed by atoms with Gasteiger partial charge in [-0.3, -0.25) is 0 Å². The van der Waals surface area contributed by atoms with E-state index in [0.29, 0.717) is 18.5 Å². The molecule has 1 aliphatic carbocycles. The molecular formula is C15H19F3N2O2. The molecule has 2 unspecified atom stereocenters. The van der Waals surface area contributed by atoms with Gasteiger partial charge in [-0.1, -0.05) is 12.8 Å². The van der Waals surface area contributed by atoms with Crippen molar-refractivity contribution in [1.29, 1.82) is 0 Å². The van der Waals surface area contributed by atoms with Gasteiger partial charge in [-0.15, -0.1) is 0 Å². The number of carbonyl (C=O) groups is 1. The molecule has 1 aliphatic rings. The standard InChI is InChI=1S/C15H19F3N2O2/c1-22-14(21)9-6-7-13(11(19)8-9)20-12-5-3-2-4-10(12)15(16,17)18/h6-8,10,12,20H,2-5,19H2,1H3. The second-order valence-corrected chi connectivity index (χ2v) is 5.48. The van der Waals surface area contributed by atoms with E-state index in [0.717, 1.165) is 6.42 Å². The molecular weight excluding hydrogens is 297 g/mol. The number of alkyl halides is 3. The Morgan fingerprint density at radius 1 is 1.32 bits per heavy atom. The number of benzene rings is 1. The van der Waals surface area contributed by atoms with Crippen molar-refractivity contribution < 1.29 is 22.7 Å². The average molecular weight is 316 g/mol. The van der Waals surface area contributed by atoms with Crippen LogP contribution in [0.15, 0.2) is 18.2 Å². The van der Waals surface area contributed by atoms with Crippen LogP contribution in [0.1, 0.15) is 36.0 Å². The topological polar surface area (TPSA) is 64.3 Å². The Morgan fingerprint density at radius 2 is 2.00 bits per heavy atom. The van der Waals surface area contributed by atoms with Gasteiger partial charge >= 0.3 is 12.1 Å². The summed E-state index contributed by atoms with van der Waals surface area (Å²) in [5.74, 6) is -1.91. The molecule has 1 aromatic carbocycles. The van der Waals surface area contributed by atoms with E-state index in [9.17, 15) is 18.0 Å². The summed E-state index contributed by atoms with van der Waals surface area (Å²) in [5, 5.41) is 2.89. The fourth-order valence-electron chi connectivity index (χ4n) is 2.83. The van der Waals surface area contributed by atoms with E-state index >= 15 is 0 Å². The van der Waals surface area contributed by atoms with Gasteiger partial charge in [0, 0.05) is 6.04 Å². The summed E-state index contributed by atoms with van der Waals surface area (Å²) in [4.78, 5) is 11.4. The van der Waals surface area contributed by atoms with E-state index in [2.05, 4.69) is 10.1 Å². The van der Waals surface area contributed by atoms with Gasteiger partial charge < -0.3 is 15.8 Å². The third-order valence-electron chi connectivity index (χ3n) is 4.00. The maximum Gasteiger partial charge on any atom is 0.393 e. The molecule has 122 valence electrons. The van der Waals surface area contributed by atoms with Gasteiger partial charge in [-0.05, 0) is 31.0 Å². The zero-order valence-corrected chi connectivity index (χ0v) is 12.2. The molecule has 1 saturated carbocycles. The number of nitrogen functional groups attached to an aromatic ring is 1. The lowest BCUT2D eigenvalue weighted by Gasteiger charge is -2.34. The summed E-state index contributed by atoms with van der Waals surface area (Å²) in [7, 11) is 1.25. The summed E-state index contributed by atoms with van der Waals surface area (Å²) < 4.78 is 43.8. The lowest BCUT2D eigenvalue weighted by Crippen LogP contribution is -2.41. The lowest BCUT2D eigenvalue weighted by molar-refractivity contribution is -0.184. The van der Waals surface area contributed by atoms with Crippen LogP contribution < -0.4 is 11.1 Å². The third-order valence-corrected chi connectivity index (χ3v) is 4.00. The molecule has 1 aromatic rings. The normalized spacial score (nSPS) is 22.2. The minimum atomic E-state index is -4.22. The molecule has 2 atom stereocenters. The zero-order chi connectivity index (χ0) is 16.3. The molecule has 0 spiro atoms. The summed E-state index contributed by atoms with van der Waals surface area (Å²) in [5.41, 5.74) is 6.74. The molecule has 7 heteroatoms. The van der Waals surface area contributed by atoms with Crippen molar-refractivity contribution >= 4 is 17.3 Å². The first kappa shape index (κ1) is 16.5. The predicted octanol–water partition coefficient (Wildman–Crippen LogP) is 3.59. The lowest BCUT2D eigenvalue weighted by atomic mass is 9.84. The number of carbonyl (C=O) groups excluding carboxylic acids is 1. The summed E-state index contributed by atoms with van der Waals surface area (Å²) in [6.45, 7) is 0. The van der Waals surface area contributed by atoms with Crippen molar-refractivity contribution in [2.24, 2.45) is 5.92 Å². The number of hydrogen-bond acceptors (Lipinski definition) is 4. The maximum atomic E-state index is 13.1. The Morgan fingerprint density at radius 3 is 2.59 bits per heavy atom. The second-order valence-electron chi connectivity index (χ2n) is 5.48. The summed E-state index contributed by atoms with van der Waals surface area (Å²) >= 11 is 0. The summed E-state index contributed by atoms with van der Waals surface area (Å²) in [6.07, 6.45) is -2.31. The Hall–Kier alpha value is -1.92. The number of hydrogen-bond donors (Lipinski definition) is 2. The molecule has 2 rings (SSSR count). The van der Waals surface area contributed by atoms with E-state index in [1.54, 1.807) is 0 Å². The zero-order valence-electron chi connectivity index (χ0n) is 12.2. The number of rotatable bonds is 3.